The number of nitrogens with zero attached hydrogens (tertiary/aromatic N) is 4. The van der Waals surface area contributed by atoms with Crippen molar-refractivity contribution < 1.29 is 0 Å². The van der Waals surface area contributed by atoms with Gasteiger partial charge in [0.05, 0.1) is 16.7 Å². The smallest absolute Gasteiger partial charge is 0.179 e. The van der Waals surface area contributed by atoms with Gasteiger partial charge in [0.25, 0.3) is 0 Å². The Labute approximate surface area is 387 Å². The number of fused-ring (bicyclic) bond motifs is 3. The van der Waals surface area contributed by atoms with Crippen molar-refractivity contribution in [2.24, 2.45) is 0 Å². The van der Waals surface area contributed by atoms with Crippen molar-refractivity contribution in [3.63, 3.8) is 0 Å². The summed E-state index contributed by atoms with van der Waals surface area (Å²) in [5.41, 5.74) is 9.65. The summed E-state index contributed by atoms with van der Waals surface area (Å²) < 4.78 is 2.45. The van der Waals surface area contributed by atoms with Gasteiger partial charge in [-0.05, 0) is 61.6 Å². The zero-order valence-corrected chi connectivity index (χ0v) is 38.3. The molecule has 0 unspecified atom stereocenters. The summed E-state index contributed by atoms with van der Waals surface area (Å²) in [7, 11) is -2.83. The monoisotopic (exact) mass is 864 g/mol. The van der Waals surface area contributed by atoms with Crippen molar-refractivity contribution in [1.29, 1.82) is 0 Å². The van der Waals surface area contributed by atoms with Gasteiger partial charge in [-0.3, -0.25) is 0 Å². The van der Waals surface area contributed by atoms with E-state index in [1.807, 2.05) is 36.4 Å². The zero-order chi connectivity index (χ0) is 44.7. The molecule has 0 spiro atoms. The lowest BCUT2D eigenvalue weighted by molar-refractivity contribution is 0.591. The summed E-state index contributed by atoms with van der Waals surface area (Å²) in [6.07, 6.45) is 0. The average molecular weight is 865 g/mol. The molecule has 0 saturated heterocycles. The zero-order valence-electron chi connectivity index (χ0n) is 37.3. The first-order valence-corrected chi connectivity index (χ1v) is 24.7. The lowest BCUT2D eigenvalue weighted by atomic mass is 9.86. The minimum Gasteiger partial charge on any atom is -0.309 e. The van der Waals surface area contributed by atoms with Crippen LogP contribution in [0.15, 0.2) is 237 Å². The van der Waals surface area contributed by atoms with E-state index >= 15 is 0 Å². The predicted molar refractivity (Wildman–Crippen MR) is 278 cm³/mol. The SMILES string of the molecule is CC(C)(C)c1ccc2c(c1)c1ccccc1n2-c1cc(-c2nc(-c3ccccc3)nc(-c3ccccc3)n2)ccc1-c1cccc([Si](c2ccccc2)(c2ccccc2)c2ccccc2)c1. The molecule has 316 valence electrons. The molecule has 0 atom stereocenters. The van der Waals surface area contributed by atoms with Crippen LogP contribution in [0.2, 0.25) is 0 Å². The summed E-state index contributed by atoms with van der Waals surface area (Å²) in [6, 6.07) is 85.7. The highest BCUT2D eigenvalue weighted by Gasteiger charge is 2.41. The van der Waals surface area contributed by atoms with Crippen LogP contribution in [0.4, 0.5) is 0 Å². The second-order valence-electron chi connectivity index (χ2n) is 18.0. The van der Waals surface area contributed by atoms with Gasteiger partial charge in [-0.15, -0.1) is 0 Å². The van der Waals surface area contributed by atoms with E-state index in [0.29, 0.717) is 17.5 Å². The van der Waals surface area contributed by atoms with Crippen LogP contribution < -0.4 is 20.7 Å². The van der Waals surface area contributed by atoms with Crippen LogP contribution in [0.5, 0.6) is 0 Å². The van der Waals surface area contributed by atoms with Crippen molar-refractivity contribution in [1.82, 2.24) is 19.5 Å². The normalized spacial score (nSPS) is 11.9. The minimum atomic E-state index is -2.83. The third kappa shape index (κ3) is 7.24. The van der Waals surface area contributed by atoms with E-state index in [0.717, 1.165) is 44.5 Å². The quantitative estimate of drug-likeness (QED) is 0.107. The molecular weight excluding hydrogens is 817 g/mol. The van der Waals surface area contributed by atoms with Crippen molar-refractivity contribution in [2.75, 3.05) is 0 Å². The van der Waals surface area contributed by atoms with Crippen LogP contribution in [-0.4, -0.2) is 27.6 Å². The average Bonchev–Trinajstić information content (AvgIpc) is 3.71. The molecule has 0 N–H and O–H groups in total. The van der Waals surface area contributed by atoms with Crippen LogP contribution in [0.25, 0.3) is 72.8 Å². The van der Waals surface area contributed by atoms with E-state index < -0.39 is 8.07 Å². The summed E-state index contributed by atoms with van der Waals surface area (Å²) in [6.45, 7) is 6.86. The molecule has 11 rings (SSSR count). The van der Waals surface area contributed by atoms with Gasteiger partial charge in [-0.2, -0.15) is 0 Å². The third-order valence-electron chi connectivity index (χ3n) is 13.0. The van der Waals surface area contributed by atoms with Gasteiger partial charge in [0, 0.05) is 33.0 Å². The number of rotatable bonds is 9. The molecule has 2 aromatic heterocycles. The minimum absolute atomic E-state index is 0.0127. The molecule has 9 aromatic carbocycles. The van der Waals surface area contributed by atoms with E-state index in [-0.39, 0.29) is 5.41 Å². The highest BCUT2D eigenvalue weighted by atomic mass is 28.3. The molecule has 5 heteroatoms. The Balaban J connectivity index is 1.20. The Bertz CT molecular complexity index is 3340. The number of hydrogen-bond donors (Lipinski definition) is 0. The summed E-state index contributed by atoms with van der Waals surface area (Å²) in [4.78, 5) is 15.4. The van der Waals surface area contributed by atoms with Crippen molar-refractivity contribution >= 4 is 50.6 Å². The molecular formula is C61H48N4Si. The van der Waals surface area contributed by atoms with E-state index in [1.165, 1.54) is 37.1 Å². The standard InChI is InChI=1S/C61H48N4Si/c1-61(2,3)47-37-39-56-54(42-47)53-34-19-20-35-55(53)65(56)57-41-46(60-63-58(43-22-9-4-10-23-43)62-59(64-60)44-24-11-5-12-25-44)36-38-52(57)45-26-21-33-51(40-45)66(48-27-13-6-14-28-48,49-29-15-7-16-30-49)50-31-17-8-18-32-50/h4-42H,1-3H3. The van der Waals surface area contributed by atoms with Gasteiger partial charge in [0.1, 0.15) is 0 Å². The van der Waals surface area contributed by atoms with Crippen molar-refractivity contribution in [2.45, 2.75) is 26.2 Å². The molecule has 0 saturated carbocycles. The summed E-state index contributed by atoms with van der Waals surface area (Å²) in [5.74, 6) is 1.88. The van der Waals surface area contributed by atoms with Crippen LogP contribution in [-0.2, 0) is 5.41 Å². The Kier molecular flexibility index (Phi) is 10.4. The van der Waals surface area contributed by atoms with Crippen LogP contribution in [0.1, 0.15) is 26.3 Å². The Hall–Kier alpha value is -7.99. The van der Waals surface area contributed by atoms with Crippen LogP contribution in [0, 0.1) is 0 Å². The molecule has 0 aliphatic carbocycles. The lowest BCUT2D eigenvalue weighted by Gasteiger charge is -2.34. The first-order valence-electron chi connectivity index (χ1n) is 22.7. The van der Waals surface area contributed by atoms with Gasteiger partial charge >= 0.3 is 0 Å². The largest absolute Gasteiger partial charge is 0.309 e. The number of para-hydroxylation sites is 1. The fourth-order valence-corrected chi connectivity index (χ4v) is 14.5. The maximum atomic E-state index is 5.21. The van der Waals surface area contributed by atoms with Gasteiger partial charge in [-0.1, -0.05) is 233 Å². The first-order chi connectivity index (χ1) is 32.4. The highest BCUT2D eigenvalue weighted by Crippen LogP contribution is 2.40. The van der Waals surface area contributed by atoms with Gasteiger partial charge in [-0.25, -0.2) is 15.0 Å². The Morgan fingerprint density at radius 2 is 0.803 bits per heavy atom. The Morgan fingerprint density at radius 3 is 1.35 bits per heavy atom. The predicted octanol–water partition coefficient (Wildman–Crippen LogP) is 12.3. The topological polar surface area (TPSA) is 43.6 Å². The first kappa shape index (κ1) is 40.8. The lowest BCUT2D eigenvalue weighted by Crippen LogP contribution is -2.74. The van der Waals surface area contributed by atoms with Gasteiger partial charge in [0.15, 0.2) is 25.5 Å². The second-order valence-corrected chi connectivity index (χ2v) is 21.8. The maximum Gasteiger partial charge on any atom is 0.179 e. The molecule has 0 bridgehead atoms. The third-order valence-corrected chi connectivity index (χ3v) is 17.7. The van der Waals surface area contributed by atoms with Gasteiger partial charge in [0.2, 0.25) is 0 Å². The molecule has 0 radical (unpaired) electrons. The summed E-state index contributed by atoms with van der Waals surface area (Å²) >= 11 is 0. The number of benzene rings is 9. The van der Waals surface area contributed by atoms with Crippen LogP contribution in [0.3, 0.4) is 0 Å². The van der Waals surface area contributed by atoms with Gasteiger partial charge < -0.3 is 4.57 Å². The van der Waals surface area contributed by atoms with E-state index in [2.05, 4.69) is 226 Å². The van der Waals surface area contributed by atoms with Crippen molar-refractivity contribution in [3.8, 4) is 51.0 Å². The molecule has 66 heavy (non-hydrogen) atoms. The number of aromatic nitrogens is 4. The molecule has 0 aliphatic heterocycles. The Morgan fingerprint density at radius 1 is 0.348 bits per heavy atom. The fraction of sp³-hybridized carbons (Fsp3) is 0.0656. The van der Waals surface area contributed by atoms with E-state index in [1.54, 1.807) is 0 Å². The molecule has 2 heterocycles. The van der Waals surface area contributed by atoms with E-state index in [4.69, 9.17) is 15.0 Å². The van der Waals surface area contributed by atoms with E-state index in [9.17, 15) is 0 Å². The highest BCUT2D eigenvalue weighted by molar-refractivity contribution is 7.19. The molecule has 4 nitrogen and oxygen atoms in total. The summed E-state index contributed by atoms with van der Waals surface area (Å²) in [5, 5.41) is 7.77. The fourth-order valence-electron chi connectivity index (χ4n) is 9.72. The molecule has 0 amide bonds. The second kappa shape index (κ2) is 16.9. The molecule has 11 aromatic rings. The molecule has 0 aliphatic rings. The van der Waals surface area contributed by atoms with Crippen LogP contribution >= 0.6 is 0 Å². The maximum absolute atomic E-state index is 5.21. The van der Waals surface area contributed by atoms with Crippen molar-refractivity contribution in [3.05, 3.63) is 242 Å². The molecule has 0 fully saturated rings. The number of hydrogen-bond acceptors (Lipinski definition) is 3.